The highest BCUT2D eigenvalue weighted by atomic mass is 19.1. The number of nitrogens with one attached hydrogen (secondary N) is 1. The van der Waals surface area contributed by atoms with Gasteiger partial charge in [-0.15, -0.1) is 0 Å². The summed E-state index contributed by atoms with van der Waals surface area (Å²) in [5, 5.41) is 3.11. The number of halogens is 1. The normalized spacial score (nSPS) is 13.5. The minimum atomic E-state index is -0.428. The Morgan fingerprint density at radius 2 is 1.48 bits per heavy atom. The molecule has 0 fully saturated rings. The van der Waals surface area contributed by atoms with Crippen LogP contribution in [0.25, 0.3) is 5.57 Å². The standard InChI is InChI=1S/C26H23FN2O4/c1-32-21-14-20(15-22(16-21)33-2)28-24-23(18-6-4-3-5-7-18)25(30)29(26(24)31)13-12-17-8-10-19(27)11-9-17/h3-11,14-16,28H,12-13H2,1-2H3. The quantitative estimate of drug-likeness (QED) is 0.523. The van der Waals surface area contributed by atoms with Gasteiger partial charge in [0, 0.05) is 30.4 Å². The van der Waals surface area contributed by atoms with E-state index in [4.69, 9.17) is 9.47 Å². The topological polar surface area (TPSA) is 67.9 Å². The van der Waals surface area contributed by atoms with E-state index in [0.29, 0.717) is 34.7 Å². The third kappa shape index (κ3) is 4.72. The largest absolute Gasteiger partial charge is 0.497 e. The number of hydrogen-bond donors (Lipinski definition) is 1. The molecule has 0 aliphatic carbocycles. The van der Waals surface area contributed by atoms with Gasteiger partial charge in [-0.1, -0.05) is 42.5 Å². The Hall–Kier alpha value is -4.13. The maximum absolute atomic E-state index is 13.4. The van der Waals surface area contributed by atoms with E-state index in [9.17, 15) is 14.0 Å². The number of ether oxygens (including phenoxy) is 2. The van der Waals surface area contributed by atoms with Crippen LogP contribution in [0, 0.1) is 5.82 Å². The molecule has 1 N–H and O–H groups in total. The molecule has 7 heteroatoms. The Balaban J connectivity index is 1.67. The van der Waals surface area contributed by atoms with Gasteiger partial charge in [0.1, 0.15) is 23.0 Å². The molecule has 3 aromatic carbocycles. The lowest BCUT2D eigenvalue weighted by Crippen LogP contribution is -2.34. The molecule has 0 saturated carbocycles. The van der Waals surface area contributed by atoms with Crippen LogP contribution in [0.3, 0.4) is 0 Å². The van der Waals surface area contributed by atoms with Crippen LogP contribution in [-0.4, -0.2) is 37.5 Å². The molecule has 0 atom stereocenters. The smallest absolute Gasteiger partial charge is 0.278 e. The summed E-state index contributed by atoms with van der Waals surface area (Å²) in [5.74, 6) is -0.0546. The summed E-state index contributed by atoms with van der Waals surface area (Å²) in [5.41, 5.74) is 2.49. The monoisotopic (exact) mass is 446 g/mol. The average molecular weight is 446 g/mol. The van der Waals surface area contributed by atoms with Crippen molar-refractivity contribution in [3.05, 3.63) is 95.4 Å². The maximum atomic E-state index is 13.4. The molecular formula is C26H23FN2O4. The summed E-state index contributed by atoms with van der Waals surface area (Å²) in [6.45, 7) is 0.173. The van der Waals surface area contributed by atoms with Gasteiger partial charge in [-0.05, 0) is 29.7 Å². The lowest BCUT2D eigenvalue weighted by Gasteiger charge is -2.15. The van der Waals surface area contributed by atoms with Crippen LogP contribution in [0.1, 0.15) is 11.1 Å². The van der Waals surface area contributed by atoms with E-state index in [1.54, 1.807) is 42.5 Å². The summed E-state index contributed by atoms with van der Waals surface area (Å²) in [4.78, 5) is 27.9. The average Bonchev–Trinajstić information content (AvgIpc) is 3.07. The van der Waals surface area contributed by atoms with Crippen LogP contribution in [0.4, 0.5) is 10.1 Å². The van der Waals surface area contributed by atoms with Crippen molar-refractivity contribution in [3.63, 3.8) is 0 Å². The molecule has 33 heavy (non-hydrogen) atoms. The molecule has 0 radical (unpaired) electrons. The number of methoxy groups -OCH3 is 2. The fourth-order valence-electron chi connectivity index (χ4n) is 3.68. The van der Waals surface area contributed by atoms with Crippen molar-refractivity contribution in [1.29, 1.82) is 0 Å². The van der Waals surface area contributed by atoms with Gasteiger partial charge < -0.3 is 14.8 Å². The summed E-state index contributed by atoms with van der Waals surface area (Å²) in [7, 11) is 3.07. The number of carbonyl (C=O) groups is 2. The summed E-state index contributed by atoms with van der Waals surface area (Å²) in [6.07, 6.45) is 0.417. The molecule has 0 spiro atoms. The van der Waals surface area contributed by atoms with Gasteiger partial charge in [0.05, 0.1) is 19.8 Å². The van der Waals surface area contributed by atoms with Gasteiger partial charge in [-0.2, -0.15) is 0 Å². The number of nitrogens with zero attached hydrogens (tertiary/aromatic N) is 1. The number of carbonyl (C=O) groups excluding carboxylic acids is 2. The first kappa shape index (κ1) is 22.1. The lowest BCUT2D eigenvalue weighted by molar-refractivity contribution is -0.136. The first-order valence-corrected chi connectivity index (χ1v) is 10.4. The molecule has 168 valence electrons. The number of benzene rings is 3. The molecule has 1 aliphatic heterocycles. The molecule has 0 aromatic heterocycles. The van der Waals surface area contributed by atoms with E-state index < -0.39 is 5.91 Å². The molecule has 1 aliphatic rings. The number of imide groups is 1. The van der Waals surface area contributed by atoms with E-state index in [2.05, 4.69) is 5.32 Å². The Kier molecular flexibility index (Phi) is 6.40. The highest BCUT2D eigenvalue weighted by Gasteiger charge is 2.39. The van der Waals surface area contributed by atoms with Gasteiger partial charge in [-0.3, -0.25) is 14.5 Å². The maximum Gasteiger partial charge on any atom is 0.278 e. The van der Waals surface area contributed by atoms with Crippen molar-refractivity contribution in [2.45, 2.75) is 6.42 Å². The summed E-state index contributed by atoms with van der Waals surface area (Å²) in [6, 6.07) is 20.2. The first-order chi connectivity index (χ1) is 16.0. The summed E-state index contributed by atoms with van der Waals surface area (Å²) < 4.78 is 23.8. The highest BCUT2D eigenvalue weighted by molar-refractivity contribution is 6.36. The molecule has 6 nitrogen and oxygen atoms in total. The Morgan fingerprint density at radius 1 is 0.848 bits per heavy atom. The lowest BCUT2D eigenvalue weighted by atomic mass is 10.0. The van der Waals surface area contributed by atoms with E-state index in [0.717, 1.165) is 5.56 Å². The van der Waals surface area contributed by atoms with Gasteiger partial charge in [-0.25, -0.2) is 4.39 Å². The van der Waals surface area contributed by atoms with Crippen molar-refractivity contribution >= 4 is 23.1 Å². The number of rotatable bonds is 8. The highest BCUT2D eigenvalue weighted by Crippen LogP contribution is 2.33. The minimum absolute atomic E-state index is 0.173. The van der Waals surface area contributed by atoms with Gasteiger partial charge >= 0.3 is 0 Å². The van der Waals surface area contributed by atoms with Gasteiger partial charge in [0.25, 0.3) is 11.8 Å². The van der Waals surface area contributed by atoms with E-state index in [-0.39, 0.29) is 24.0 Å². The predicted molar refractivity (Wildman–Crippen MR) is 123 cm³/mol. The fourth-order valence-corrected chi connectivity index (χ4v) is 3.68. The van der Waals surface area contributed by atoms with Crippen molar-refractivity contribution in [3.8, 4) is 11.5 Å². The number of hydrogen-bond acceptors (Lipinski definition) is 5. The molecule has 0 saturated heterocycles. The van der Waals surface area contributed by atoms with Gasteiger partial charge in [0.15, 0.2) is 0 Å². The third-order valence-electron chi connectivity index (χ3n) is 5.39. The Bertz CT molecular complexity index is 1180. The van der Waals surface area contributed by atoms with Crippen molar-refractivity contribution < 1.29 is 23.5 Å². The van der Waals surface area contributed by atoms with E-state index in [1.807, 2.05) is 18.2 Å². The molecule has 2 amide bonds. The Labute approximate surface area is 191 Å². The second kappa shape index (κ2) is 9.56. The van der Waals surface area contributed by atoms with Crippen molar-refractivity contribution in [2.75, 3.05) is 26.1 Å². The second-order valence-electron chi connectivity index (χ2n) is 7.48. The Morgan fingerprint density at radius 3 is 2.09 bits per heavy atom. The van der Waals surface area contributed by atoms with Gasteiger partial charge in [0.2, 0.25) is 0 Å². The SMILES string of the molecule is COc1cc(NC2=C(c3ccccc3)C(=O)N(CCc3ccc(F)cc3)C2=O)cc(OC)c1. The van der Waals surface area contributed by atoms with Crippen LogP contribution in [0.15, 0.2) is 78.5 Å². The van der Waals surface area contributed by atoms with E-state index >= 15 is 0 Å². The molecular weight excluding hydrogens is 423 g/mol. The minimum Gasteiger partial charge on any atom is -0.497 e. The number of anilines is 1. The van der Waals surface area contributed by atoms with Crippen LogP contribution >= 0.6 is 0 Å². The molecule has 3 aromatic rings. The zero-order valence-electron chi connectivity index (χ0n) is 18.3. The third-order valence-corrected chi connectivity index (χ3v) is 5.39. The first-order valence-electron chi connectivity index (χ1n) is 10.4. The zero-order valence-corrected chi connectivity index (χ0v) is 18.3. The molecule has 0 unspecified atom stereocenters. The zero-order chi connectivity index (χ0) is 23.4. The van der Waals surface area contributed by atoms with Crippen LogP contribution in [-0.2, 0) is 16.0 Å². The van der Waals surface area contributed by atoms with Crippen LogP contribution in [0.5, 0.6) is 11.5 Å². The summed E-state index contributed by atoms with van der Waals surface area (Å²) >= 11 is 0. The predicted octanol–water partition coefficient (Wildman–Crippen LogP) is 4.28. The number of amides is 2. The van der Waals surface area contributed by atoms with Crippen LogP contribution < -0.4 is 14.8 Å². The molecule has 1 heterocycles. The van der Waals surface area contributed by atoms with E-state index in [1.165, 1.54) is 31.3 Å². The van der Waals surface area contributed by atoms with Crippen LogP contribution in [0.2, 0.25) is 0 Å². The second-order valence-corrected chi connectivity index (χ2v) is 7.48. The fraction of sp³-hybridized carbons (Fsp3) is 0.154. The van der Waals surface area contributed by atoms with Crippen molar-refractivity contribution in [1.82, 2.24) is 4.90 Å². The molecule has 0 bridgehead atoms. The van der Waals surface area contributed by atoms with Crippen molar-refractivity contribution in [2.24, 2.45) is 0 Å². The molecule has 4 rings (SSSR count).